The summed E-state index contributed by atoms with van der Waals surface area (Å²) in [4.78, 5) is 14.7. The Morgan fingerprint density at radius 3 is 2.19 bits per heavy atom. The molecule has 3 aromatic rings. The van der Waals surface area contributed by atoms with E-state index >= 15 is 0 Å². The van der Waals surface area contributed by atoms with E-state index in [1.807, 2.05) is 0 Å². The fourth-order valence-electron chi connectivity index (χ4n) is 5.10. The quantitative estimate of drug-likeness (QED) is 0.613. The molecule has 0 amide bonds. The molecular formula is C26H34N6. The maximum absolute atomic E-state index is 5.85. The van der Waals surface area contributed by atoms with Gasteiger partial charge in [-0.25, -0.2) is 4.98 Å². The summed E-state index contributed by atoms with van der Waals surface area (Å²) < 4.78 is 0. The molecule has 168 valence electrons. The molecule has 1 aromatic heterocycles. The summed E-state index contributed by atoms with van der Waals surface area (Å²) in [5, 5.41) is 4.70. The number of nitrogens with one attached hydrogen (secondary N) is 1. The average Bonchev–Trinajstić information content (AvgIpc) is 2.88. The highest BCUT2D eigenvalue weighted by Gasteiger charge is 2.23. The first kappa shape index (κ1) is 21.0. The maximum Gasteiger partial charge on any atom is 0.225 e. The predicted octanol–water partition coefficient (Wildman–Crippen LogP) is 4.13. The van der Waals surface area contributed by atoms with Crippen molar-refractivity contribution in [3.8, 4) is 0 Å². The first-order valence-corrected chi connectivity index (χ1v) is 12.1. The summed E-state index contributed by atoms with van der Waals surface area (Å²) in [6.45, 7) is 5.67. The van der Waals surface area contributed by atoms with E-state index in [-0.39, 0.29) is 0 Å². The Kier molecular flexibility index (Phi) is 6.39. The highest BCUT2D eigenvalue weighted by Crippen LogP contribution is 2.30. The van der Waals surface area contributed by atoms with Gasteiger partial charge in [-0.15, -0.1) is 0 Å². The molecule has 2 aliphatic rings. The summed E-state index contributed by atoms with van der Waals surface area (Å²) in [6, 6.07) is 19.1. The fourth-order valence-corrected chi connectivity index (χ4v) is 5.10. The third kappa shape index (κ3) is 4.65. The number of fused-ring (bicyclic) bond motifs is 1. The average molecular weight is 431 g/mol. The number of piperazine rings is 1. The van der Waals surface area contributed by atoms with Crippen molar-refractivity contribution in [1.29, 1.82) is 0 Å². The van der Waals surface area contributed by atoms with Gasteiger partial charge in [-0.1, -0.05) is 30.3 Å². The van der Waals surface area contributed by atoms with Crippen LogP contribution in [0.3, 0.4) is 0 Å². The van der Waals surface area contributed by atoms with Crippen LogP contribution in [0.4, 0.5) is 17.5 Å². The number of rotatable bonds is 6. The van der Waals surface area contributed by atoms with Crippen molar-refractivity contribution in [2.45, 2.75) is 25.7 Å². The van der Waals surface area contributed by atoms with Crippen LogP contribution in [0.2, 0.25) is 0 Å². The highest BCUT2D eigenvalue weighted by molar-refractivity contribution is 5.90. The molecule has 2 fully saturated rings. The lowest BCUT2D eigenvalue weighted by Crippen LogP contribution is -2.47. The third-order valence-electron chi connectivity index (χ3n) is 7.13. The molecule has 1 saturated carbocycles. The van der Waals surface area contributed by atoms with Gasteiger partial charge >= 0.3 is 0 Å². The van der Waals surface area contributed by atoms with Crippen LogP contribution >= 0.6 is 0 Å². The maximum atomic E-state index is 5.85. The Morgan fingerprint density at radius 1 is 0.781 bits per heavy atom. The van der Waals surface area contributed by atoms with E-state index in [0.717, 1.165) is 61.9 Å². The molecule has 1 saturated heterocycles. The topological polar surface area (TPSA) is 70.3 Å². The van der Waals surface area contributed by atoms with Crippen molar-refractivity contribution >= 4 is 28.4 Å². The molecule has 5 rings (SSSR count). The molecule has 2 aromatic carbocycles. The van der Waals surface area contributed by atoms with Gasteiger partial charge in [0.05, 0.1) is 5.52 Å². The minimum absolute atomic E-state index is 0.686. The van der Waals surface area contributed by atoms with Gasteiger partial charge in [-0.2, -0.15) is 4.98 Å². The predicted molar refractivity (Wildman–Crippen MR) is 133 cm³/mol. The highest BCUT2D eigenvalue weighted by atomic mass is 15.3. The largest absolute Gasteiger partial charge is 0.368 e. The zero-order chi connectivity index (χ0) is 21.8. The minimum atomic E-state index is 0.686. The zero-order valence-corrected chi connectivity index (χ0v) is 18.8. The Balaban J connectivity index is 1.29. The summed E-state index contributed by atoms with van der Waals surface area (Å²) in [5.74, 6) is 3.21. The van der Waals surface area contributed by atoms with E-state index in [1.165, 1.54) is 31.4 Å². The summed E-state index contributed by atoms with van der Waals surface area (Å²) >= 11 is 0. The van der Waals surface area contributed by atoms with E-state index in [2.05, 4.69) is 69.7 Å². The Morgan fingerprint density at radius 2 is 1.44 bits per heavy atom. The van der Waals surface area contributed by atoms with Crippen molar-refractivity contribution in [3.63, 3.8) is 0 Å². The van der Waals surface area contributed by atoms with Gasteiger partial charge in [-0.3, -0.25) is 0 Å². The first-order valence-electron chi connectivity index (χ1n) is 12.1. The molecular weight excluding hydrogens is 396 g/mol. The van der Waals surface area contributed by atoms with Crippen molar-refractivity contribution in [2.75, 3.05) is 54.4 Å². The number of hydrogen-bond donors (Lipinski definition) is 2. The normalized spacial score (nSPS) is 21.7. The van der Waals surface area contributed by atoms with Gasteiger partial charge in [0.25, 0.3) is 0 Å². The minimum Gasteiger partial charge on any atom is -0.368 e. The number of nitrogens with two attached hydrogens (primary N) is 1. The van der Waals surface area contributed by atoms with Crippen LogP contribution in [0.5, 0.6) is 0 Å². The molecule has 1 aliphatic heterocycles. The van der Waals surface area contributed by atoms with Crippen molar-refractivity contribution in [2.24, 2.45) is 17.6 Å². The molecule has 0 spiro atoms. The molecule has 0 bridgehead atoms. The van der Waals surface area contributed by atoms with Gasteiger partial charge < -0.3 is 20.9 Å². The molecule has 32 heavy (non-hydrogen) atoms. The summed E-state index contributed by atoms with van der Waals surface area (Å²) in [7, 11) is 0. The number of anilines is 3. The number of benzene rings is 2. The van der Waals surface area contributed by atoms with Crippen molar-refractivity contribution in [3.05, 3.63) is 54.6 Å². The molecule has 3 N–H and O–H groups in total. The van der Waals surface area contributed by atoms with Crippen LogP contribution in [0.15, 0.2) is 54.6 Å². The number of para-hydroxylation sites is 2. The van der Waals surface area contributed by atoms with Gasteiger partial charge in [0.1, 0.15) is 5.82 Å². The molecule has 2 heterocycles. The van der Waals surface area contributed by atoms with Crippen LogP contribution < -0.4 is 20.9 Å². The second-order valence-electron chi connectivity index (χ2n) is 9.20. The van der Waals surface area contributed by atoms with Crippen molar-refractivity contribution < 1.29 is 0 Å². The van der Waals surface area contributed by atoms with E-state index in [4.69, 9.17) is 15.7 Å². The van der Waals surface area contributed by atoms with Crippen molar-refractivity contribution in [1.82, 2.24) is 9.97 Å². The lowest BCUT2D eigenvalue weighted by Gasteiger charge is -2.37. The Bertz CT molecular complexity index is 1010. The molecule has 6 heteroatoms. The lowest BCUT2D eigenvalue weighted by molar-refractivity contribution is 0.289. The third-order valence-corrected chi connectivity index (χ3v) is 7.13. The van der Waals surface area contributed by atoms with Crippen LogP contribution in [0.1, 0.15) is 25.7 Å². The number of aromatic nitrogens is 2. The van der Waals surface area contributed by atoms with Crippen LogP contribution in [-0.2, 0) is 0 Å². The zero-order valence-electron chi connectivity index (χ0n) is 18.8. The molecule has 0 atom stereocenters. The lowest BCUT2D eigenvalue weighted by atomic mass is 9.82. The summed E-state index contributed by atoms with van der Waals surface area (Å²) in [5.41, 5.74) is 8.16. The second-order valence-corrected chi connectivity index (χ2v) is 9.20. The van der Waals surface area contributed by atoms with E-state index < -0.39 is 0 Å². The number of nitrogens with zero attached hydrogens (tertiary/aromatic N) is 4. The SMILES string of the molecule is NCC1CCC(CNc2nc(N3CCN(c4ccccc4)CC3)c3ccccc3n2)CC1. The van der Waals surface area contributed by atoms with Gasteiger partial charge in [-0.05, 0) is 68.3 Å². The molecule has 0 radical (unpaired) electrons. The fraction of sp³-hybridized carbons (Fsp3) is 0.462. The van der Waals surface area contributed by atoms with Crippen LogP contribution in [-0.4, -0.2) is 49.2 Å². The first-order chi connectivity index (χ1) is 15.8. The molecule has 1 aliphatic carbocycles. The van der Waals surface area contributed by atoms with Gasteiger partial charge in [0, 0.05) is 43.8 Å². The Labute approximate surface area is 190 Å². The van der Waals surface area contributed by atoms with E-state index in [1.54, 1.807) is 0 Å². The van der Waals surface area contributed by atoms with Gasteiger partial charge in [0.15, 0.2) is 0 Å². The number of hydrogen-bond acceptors (Lipinski definition) is 6. The van der Waals surface area contributed by atoms with Gasteiger partial charge in [0.2, 0.25) is 5.95 Å². The monoisotopic (exact) mass is 430 g/mol. The van der Waals surface area contributed by atoms with E-state index in [0.29, 0.717) is 11.8 Å². The summed E-state index contributed by atoms with van der Waals surface area (Å²) in [6.07, 6.45) is 4.99. The van der Waals surface area contributed by atoms with Crippen LogP contribution in [0, 0.1) is 11.8 Å². The molecule has 6 nitrogen and oxygen atoms in total. The second kappa shape index (κ2) is 9.74. The van der Waals surface area contributed by atoms with E-state index in [9.17, 15) is 0 Å². The molecule has 0 unspecified atom stereocenters. The smallest absolute Gasteiger partial charge is 0.225 e. The standard InChI is InChI=1S/C26H34N6/c27-18-20-10-12-21(13-11-20)19-28-26-29-24-9-5-4-8-23(24)25(30-26)32-16-14-31(15-17-32)22-6-2-1-3-7-22/h1-9,20-21H,10-19,27H2,(H,28,29,30). The Hall–Kier alpha value is -2.86. The van der Waals surface area contributed by atoms with Crippen LogP contribution in [0.25, 0.3) is 10.9 Å².